The Balaban J connectivity index is 1.88. The summed E-state index contributed by atoms with van der Waals surface area (Å²) in [4.78, 5) is 21.5. The van der Waals surface area contributed by atoms with Gasteiger partial charge in [0.15, 0.2) is 5.03 Å². The van der Waals surface area contributed by atoms with E-state index in [1.54, 1.807) is 30.3 Å². The second-order valence-corrected chi connectivity index (χ2v) is 11.2. The van der Waals surface area contributed by atoms with Crippen molar-refractivity contribution in [3.63, 3.8) is 0 Å². The highest BCUT2D eigenvalue weighted by molar-refractivity contribution is 7.91. The third-order valence-electron chi connectivity index (χ3n) is 6.72. The van der Waals surface area contributed by atoms with Gasteiger partial charge in [0.2, 0.25) is 20.6 Å². The number of benzene rings is 2. The highest BCUT2D eigenvalue weighted by Crippen LogP contribution is 2.30. The Labute approximate surface area is 228 Å². The van der Waals surface area contributed by atoms with E-state index in [4.69, 9.17) is 0 Å². The van der Waals surface area contributed by atoms with Gasteiger partial charge in [-0.2, -0.15) is 10.2 Å². The van der Waals surface area contributed by atoms with Crippen LogP contribution in [-0.4, -0.2) is 28.1 Å². The van der Waals surface area contributed by atoms with Gasteiger partial charge in [-0.15, -0.1) is 0 Å². The number of rotatable bonds is 9. The fraction of sp³-hybridized carbons (Fsp3) is 0.267. The van der Waals surface area contributed by atoms with Gasteiger partial charge in [-0.05, 0) is 60.7 Å². The van der Waals surface area contributed by atoms with E-state index in [1.807, 2.05) is 45.0 Å². The molecule has 0 aliphatic carbocycles. The van der Waals surface area contributed by atoms with Crippen LogP contribution >= 0.6 is 0 Å². The van der Waals surface area contributed by atoms with Gasteiger partial charge >= 0.3 is 0 Å². The predicted octanol–water partition coefficient (Wildman–Crippen LogP) is 5.37. The first-order valence-corrected chi connectivity index (χ1v) is 14.3. The van der Waals surface area contributed by atoms with E-state index in [2.05, 4.69) is 16.0 Å². The van der Waals surface area contributed by atoms with Gasteiger partial charge in [0, 0.05) is 18.2 Å². The maximum atomic E-state index is 13.9. The molecular formula is C30H30N4O4S. The molecule has 200 valence electrons. The molecule has 1 N–H and O–H groups in total. The van der Waals surface area contributed by atoms with Gasteiger partial charge in [-0.3, -0.25) is 9.36 Å². The number of nitrogens with zero attached hydrogens (tertiary/aromatic N) is 4. The van der Waals surface area contributed by atoms with E-state index in [1.165, 1.54) is 16.8 Å². The van der Waals surface area contributed by atoms with Crippen molar-refractivity contribution in [2.45, 2.75) is 62.4 Å². The molecule has 0 spiro atoms. The van der Waals surface area contributed by atoms with Gasteiger partial charge in [0.1, 0.15) is 5.82 Å². The molecule has 0 aliphatic rings. The van der Waals surface area contributed by atoms with Crippen LogP contribution in [0.4, 0.5) is 0 Å². The first-order valence-electron chi connectivity index (χ1n) is 12.8. The molecule has 0 radical (unpaired) electrons. The molecule has 4 rings (SSSR count). The topological polar surface area (TPSA) is 126 Å². The molecule has 0 amide bonds. The van der Waals surface area contributed by atoms with Crippen molar-refractivity contribution in [1.29, 1.82) is 5.26 Å². The van der Waals surface area contributed by atoms with E-state index in [9.17, 15) is 23.6 Å². The minimum atomic E-state index is -4.52. The number of aromatic nitrogens is 3. The summed E-state index contributed by atoms with van der Waals surface area (Å²) in [6, 6.07) is 19.0. The van der Waals surface area contributed by atoms with Crippen molar-refractivity contribution in [2.24, 2.45) is 0 Å². The standard InChI is InChI=1S/C30H30N4O4S/c1-4-6-14-26-33-29(35)28(30(36)34(26)25(5-2)22-12-9-11-21(17-22)18-31)39(37,38)27-16-15-23(19-32-27)24-13-8-7-10-20(24)3/h7-13,15-17,19,25,35H,4-6,14H2,1-3H3. The Morgan fingerprint density at radius 2 is 1.85 bits per heavy atom. The molecule has 4 aromatic rings. The summed E-state index contributed by atoms with van der Waals surface area (Å²) in [7, 11) is -4.52. The zero-order valence-corrected chi connectivity index (χ0v) is 22.9. The molecule has 39 heavy (non-hydrogen) atoms. The van der Waals surface area contributed by atoms with Gasteiger partial charge in [-0.25, -0.2) is 13.4 Å². The van der Waals surface area contributed by atoms with Crippen molar-refractivity contribution in [1.82, 2.24) is 14.5 Å². The lowest BCUT2D eigenvalue weighted by molar-refractivity contribution is 0.406. The molecular weight excluding hydrogens is 512 g/mol. The first-order chi connectivity index (χ1) is 18.7. The van der Waals surface area contributed by atoms with Gasteiger partial charge < -0.3 is 5.11 Å². The average Bonchev–Trinajstić information content (AvgIpc) is 2.94. The van der Waals surface area contributed by atoms with Crippen LogP contribution in [0.5, 0.6) is 5.88 Å². The number of hydrogen-bond acceptors (Lipinski definition) is 7. The number of nitriles is 1. The maximum Gasteiger partial charge on any atom is 0.277 e. The zero-order valence-electron chi connectivity index (χ0n) is 22.1. The normalized spacial score (nSPS) is 12.2. The van der Waals surface area contributed by atoms with Crippen molar-refractivity contribution in [3.8, 4) is 23.1 Å². The van der Waals surface area contributed by atoms with Crippen LogP contribution in [0.3, 0.4) is 0 Å². The summed E-state index contributed by atoms with van der Waals surface area (Å²) in [5, 5.41) is 19.8. The molecule has 0 bridgehead atoms. The molecule has 8 nitrogen and oxygen atoms in total. The van der Waals surface area contributed by atoms with Gasteiger partial charge in [0.05, 0.1) is 17.7 Å². The Hall–Kier alpha value is -4.29. The number of aryl methyl sites for hydroxylation is 2. The highest BCUT2D eigenvalue weighted by Gasteiger charge is 2.32. The molecule has 0 fully saturated rings. The number of hydrogen-bond donors (Lipinski definition) is 1. The van der Waals surface area contributed by atoms with Crippen molar-refractivity contribution in [3.05, 3.63) is 99.7 Å². The van der Waals surface area contributed by atoms with E-state index in [-0.39, 0.29) is 10.9 Å². The van der Waals surface area contributed by atoms with Gasteiger partial charge in [0.25, 0.3) is 5.56 Å². The highest BCUT2D eigenvalue weighted by atomic mass is 32.2. The lowest BCUT2D eigenvalue weighted by atomic mass is 10.0. The molecule has 0 saturated heterocycles. The molecule has 1 unspecified atom stereocenters. The molecule has 2 aromatic heterocycles. The minimum absolute atomic E-state index is 0.287. The number of sulfone groups is 1. The minimum Gasteiger partial charge on any atom is -0.492 e. The molecule has 9 heteroatoms. The van der Waals surface area contributed by atoms with E-state index in [0.717, 1.165) is 23.1 Å². The summed E-state index contributed by atoms with van der Waals surface area (Å²) in [6.07, 6.45) is 3.75. The third-order valence-corrected chi connectivity index (χ3v) is 8.41. The SMILES string of the molecule is CCCCc1nc(O)c(S(=O)(=O)c2ccc(-c3ccccc3C)cn2)c(=O)n1C(CC)c1cccc(C#N)c1. The van der Waals surface area contributed by atoms with Crippen molar-refractivity contribution < 1.29 is 13.5 Å². The van der Waals surface area contributed by atoms with Crippen LogP contribution in [-0.2, 0) is 16.3 Å². The van der Waals surface area contributed by atoms with Crippen LogP contribution < -0.4 is 5.56 Å². The zero-order chi connectivity index (χ0) is 28.2. The summed E-state index contributed by atoms with van der Waals surface area (Å²) in [6.45, 7) is 5.80. The Bertz CT molecular complexity index is 1700. The second kappa shape index (κ2) is 11.6. The summed E-state index contributed by atoms with van der Waals surface area (Å²) in [5.41, 5.74) is 2.87. The van der Waals surface area contributed by atoms with Crippen LogP contribution in [0.25, 0.3) is 11.1 Å². The van der Waals surface area contributed by atoms with Crippen LogP contribution in [0.1, 0.15) is 61.7 Å². The van der Waals surface area contributed by atoms with E-state index in [0.29, 0.717) is 30.4 Å². The molecule has 2 aromatic carbocycles. The fourth-order valence-electron chi connectivity index (χ4n) is 4.70. The first kappa shape index (κ1) is 27.7. The van der Waals surface area contributed by atoms with Crippen LogP contribution in [0.2, 0.25) is 0 Å². The fourth-order valence-corrected chi connectivity index (χ4v) is 5.96. The summed E-state index contributed by atoms with van der Waals surface area (Å²) < 4.78 is 28.7. The Morgan fingerprint density at radius 1 is 1.08 bits per heavy atom. The smallest absolute Gasteiger partial charge is 0.277 e. The lowest BCUT2D eigenvalue weighted by Crippen LogP contribution is -2.33. The third kappa shape index (κ3) is 5.47. The number of pyridine rings is 1. The monoisotopic (exact) mass is 542 g/mol. The predicted molar refractivity (Wildman–Crippen MR) is 148 cm³/mol. The van der Waals surface area contributed by atoms with Crippen LogP contribution in [0, 0.1) is 18.3 Å². The largest absolute Gasteiger partial charge is 0.492 e. The molecule has 2 heterocycles. The van der Waals surface area contributed by atoms with E-state index >= 15 is 0 Å². The Kier molecular flexibility index (Phi) is 8.27. The lowest BCUT2D eigenvalue weighted by Gasteiger charge is -2.23. The summed E-state index contributed by atoms with van der Waals surface area (Å²) >= 11 is 0. The maximum absolute atomic E-state index is 13.9. The van der Waals surface area contributed by atoms with Crippen molar-refractivity contribution >= 4 is 9.84 Å². The van der Waals surface area contributed by atoms with Crippen LogP contribution in [0.15, 0.2) is 81.6 Å². The molecule has 0 aliphatic heterocycles. The molecule has 0 saturated carbocycles. The summed E-state index contributed by atoms with van der Waals surface area (Å²) in [5.74, 6) is -0.553. The van der Waals surface area contributed by atoms with Crippen molar-refractivity contribution in [2.75, 3.05) is 0 Å². The quantitative estimate of drug-likeness (QED) is 0.301. The number of aromatic hydroxyl groups is 1. The molecule has 1 atom stereocenters. The van der Waals surface area contributed by atoms with E-state index < -0.39 is 32.2 Å². The average molecular weight is 543 g/mol. The second-order valence-electron chi connectivity index (χ2n) is 9.32. The number of unbranched alkanes of at least 4 members (excludes halogenated alkanes) is 1. The Morgan fingerprint density at radius 3 is 2.49 bits per heavy atom. The van der Waals surface area contributed by atoms with Gasteiger partial charge in [-0.1, -0.05) is 56.7 Å².